The zero-order valence-electron chi connectivity index (χ0n) is 8.70. The van der Waals surface area contributed by atoms with Gasteiger partial charge in [-0.1, -0.05) is 31.2 Å². The maximum Gasteiger partial charge on any atom is 0.122 e. The third kappa shape index (κ3) is 9.06. The molecule has 1 unspecified atom stereocenters. The van der Waals surface area contributed by atoms with Gasteiger partial charge in [0.15, 0.2) is 0 Å². The molecule has 0 radical (unpaired) electrons. The summed E-state index contributed by atoms with van der Waals surface area (Å²) in [6.07, 6.45) is 13.9. The van der Waals surface area contributed by atoms with E-state index in [1.165, 1.54) is 0 Å². The molecule has 0 aliphatic heterocycles. The van der Waals surface area contributed by atoms with E-state index < -0.39 is 0 Å². The fourth-order valence-corrected chi connectivity index (χ4v) is 1.02. The van der Waals surface area contributed by atoms with Crippen LogP contribution >= 0.6 is 0 Å². The van der Waals surface area contributed by atoms with Gasteiger partial charge in [-0.25, -0.2) is 0 Å². The Hall–Kier alpha value is -0.850. The van der Waals surface area contributed by atoms with Crippen LogP contribution in [0.5, 0.6) is 0 Å². The molecule has 0 aromatic rings. The highest BCUT2D eigenvalue weighted by atomic mass is 16.1. The summed E-state index contributed by atoms with van der Waals surface area (Å²) >= 11 is 0. The van der Waals surface area contributed by atoms with Crippen molar-refractivity contribution in [1.82, 2.24) is 0 Å². The van der Waals surface area contributed by atoms with Gasteiger partial charge in [-0.05, 0) is 32.6 Å². The van der Waals surface area contributed by atoms with E-state index in [9.17, 15) is 4.79 Å². The van der Waals surface area contributed by atoms with Crippen molar-refractivity contribution in [2.24, 2.45) is 5.92 Å². The molecule has 13 heavy (non-hydrogen) atoms. The fraction of sp³-hybridized carbons (Fsp3) is 0.583. The van der Waals surface area contributed by atoms with E-state index in [-0.39, 0.29) is 5.92 Å². The van der Waals surface area contributed by atoms with E-state index in [4.69, 9.17) is 0 Å². The predicted octanol–water partition coefficient (Wildman–Crippen LogP) is 3.51. The zero-order valence-corrected chi connectivity index (χ0v) is 8.70. The van der Waals surface area contributed by atoms with E-state index in [1.807, 2.05) is 13.8 Å². The molecule has 0 N–H and O–H groups in total. The lowest BCUT2D eigenvalue weighted by Crippen LogP contribution is -1.93. The van der Waals surface area contributed by atoms with Gasteiger partial charge in [-0.15, -0.1) is 0 Å². The highest BCUT2D eigenvalue weighted by Gasteiger charge is 1.95. The molecular formula is C12H20O. The summed E-state index contributed by atoms with van der Waals surface area (Å²) in [5.74, 6) is 0.209. The molecule has 0 fully saturated rings. The van der Waals surface area contributed by atoms with Crippen LogP contribution in [0.4, 0.5) is 0 Å². The minimum Gasteiger partial charge on any atom is -0.303 e. The molecule has 0 heterocycles. The van der Waals surface area contributed by atoms with Crippen molar-refractivity contribution in [1.29, 1.82) is 0 Å². The van der Waals surface area contributed by atoms with Crippen molar-refractivity contribution >= 4 is 6.29 Å². The van der Waals surface area contributed by atoms with Crippen molar-refractivity contribution in [3.8, 4) is 0 Å². The minimum absolute atomic E-state index is 0.209. The maximum absolute atomic E-state index is 10.3. The van der Waals surface area contributed by atoms with Crippen LogP contribution in [-0.4, -0.2) is 6.29 Å². The van der Waals surface area contributed by atoms with Gasteiger partial charge >= 0.3 is 0 Å². The third-order valence-corrected chi connectivity index (χ3v) is 1.92. The smallest absolute Gasteiger partial charge is 0.122 e. The summed E-state index contributed by atoms with van der Waals surface area (Å²) in [7, 11) is 0. The zero-order chi connectivity index (χ0) is 9.94. The van der Waals surface area contributed by atoms with Crippen molar-refractivity contribution in [2.75, 3.05) is 0 Å². The molecule has 0 spiro atoms. The molecule has 0 amide bonds. The molecule has 0 aromatic carbocycles. The lowest BCUT2D eigenvalue weighted by molar-refractivity contribution is -0.110. The number of aldehydes is 1. The molecule has 1 atom stereocenters. The van der Waals surface area contributed by atoms with E-state index in [2.05, 4.69) is 24.3 Å². The summed E-state index contributed by atoms with van der Waals surface area (Å²) in [6, 6.07) is 0. The Kier molecular flexibility index (Phi) is 8.64. The van der Waals surface area contributed by atoms with Crippen molar-refractivity contribution < 1.29 is 4.79 Å². The summed E-state index contributed by atoms with van der Waals surface area (Å²) in [5, 5.41) is 0. The Bertz CT molecular complexity index is 168. The first kappa shape index (κ1) is 12.2. The molecule has 0 rings (SSSR count). The Morgan fingerprint density at radius 1 is 1.08 bits per heavy atom. The van der Waals surface area contributed by atoms with Crippen LogP contribution in [0.2, 0.25) is 0 Å². The molecule has 0 aliphatic carbocycles. The van der Waals surface area contributed by atoms with E-state index in [1.54, 1.807) is 0 Å². The summed E-state index contributed by atoms with van der Waals surface area (Å²) in [6.45, 7) is 4.00. The normalized spacial score (nSPS) is 14.0. The van der Waals surface area contributed by atoms with Crippen molar-refractivity contribution in [3.05, 3.63) is 24.3 Å². The fourth-order valence-electron chi connectivity index (χ4n) is 1.02. The molecule has 0 aliphatic rings. The molecule has 0 aromatic heterocycles. The number of carbonyl (C=O) groups is 1. The van der Waals surface area contributed by atoms with Gasteiger partial charge in [-0.2, -0.15) is 0 Å². The number of allylic oxidation sites excluding steroid dienone is 4. The van der Waals surface area contributed by atoms with Gasteiger partial charge in [0.1, 0.15) is 6.29 Å². The summed E-state index contributed by atoms with van der Waals surface area (Å²) in [5.41, 5.74) is 0. The van der Waals surface area contributed by atoms with Gasteiger partial charge in [0.25, 0.3) is 0 Å². The third-order valence-electron chi connectivity index (χ3n) is 1.92. The predicted molar refractivity (Wildman–Crippen MR) is 57.7 cm³/mol. The molecule has 1 heteroatoms. The average Bonchev–Trinajstić information content (AvgIpc) is 2.16. The SMILES string of the molecule is CC=CCCC=CCCC(C)C=O. The lowest BCUT2D eigenvalue weighted by atomic mass is 10.1. The largest absolute Gasteiger partial charge is 0.303 e. The van der Waals surface area contributed by atoms with Gasteiger partial charge < -0.3 is 4.79 Å². The first-order valence-electron chi connectivity index (χ1n) is 5.02. The van der Waals surface area contributed by atoms with Crippen LogP contribution in [-0.2, 0) is 4.79 Å². The first-order valence-corrected chi connectivity index (χ1v) is 5.02. The number of hydrogen-bond donors (Lipinski definition) is 0. The Morgan fingerprint density at radius 2 is 1.69 bits per heavy atom. The second-order valence-electron chi connectivity index (χ2n) is 3.31. The van der Waals surface area contributed by atoms with Crippen LogP contribution in [0.3, 0.4) is 0 Å². The second-order valence-corrected chi connectivity index (χ2v) is 3.31. The summed E-state index contributed by atoms with van der Waals surface area (Å²) < 4.78 is 0. The Labute approximate surface area is 81.5 Å². The quantitative estimate of drug-likeness (QED) is 0.333. The number of carbonyl (C=O) groups excluding carboxylic acids is 1. The average molecular weight is 180 g/mol. The van der Waals surface area contributed by atoms with Crippen LogP contribution < -0.4 is 0 Å². The van der Waals surface area contributed by atoms with Gasteiger partial charge in [-0.3, -0.25) is 0 Å². The maximum atomic E-state index is 10.3. The Morgan fingerprint density at radius 3 is 2.31 bits per heavy atom. The number of unbranched alkanes of at least 4 members (excludes halogenated alkanes) is 1. The van der Waals surface area contributed by atoms with Crippen molar-refractivity contribution in [2.45, 2.75) is 39.5 Å². The molecule has 74 valence electrons. The summed E-state index contributed by atoms with van der Waals surface area (Å²) in [4.78, 5) is 10.3. The van der Waals surface area contributed by atoms with Gasteiger partial charge in [0, 0.05) is 5.92 Å². The van der Waals surface area contributed by atoms with Crippen LogP contribution in [0.15, 0.2) is 24.3 Å². The Balaban J connectivity index is 3.26. The van der Waals surface area contributed by atoms with Gasteiger partial charge in [0.05, 0.1) is 0 Å². The van der Waals surface area contributed by atoms with E-state index >= 15 is 0 Å². The molecule has 0 bridgehead atoms. The standard InChI is InChI=1S/C12H20O/c1-3-4-5-6-7-8-9-10-12(2)11-13/h3-4,7-8,11-12H,5-6,9-10H2,1-2H3. The van der Waals surface area contributed by atoms with Crippen LogP contribution in [0.25, 0.3) is 0 Å². The first-order chi connectivity index (χ1) is 6.31. The molecule has 1 nitrogen and oxygen atoms in total. The highest BCUT2D eigenvalue weighted by Crippen LogP contribution is 2.03. The topological polar surface area (TPSA) is 17.1 Å². The number of hydrogen-bond acceptors (Lipinski definition) is 1. The molecule has 0 saturated carbocycles. The lowest BCUT2D eigenvalue weighted by Gasteiger charge is -1.97. The molecule has 0 saturated heterocycles. The minimum atomic E-state index is 0.209. The van der Waals surface area contributed by atoms with Crippen LogP contribution in [0, 0.1) is 5.92 Å². The molecular weight excluding hydrogens is 160 g/mol. The van der Waals surface area contributed by atoms with Crippen molar-refractivity contribution in [3.63, 3.8) is 0 Å². The second kappa shape index (κ2) is 9.24. The number of rotatable bonds is 7. The van der Waals surface area contributed by atoms with Gasteiger partial charge in [0.2, 0.25) is 0 Å². The highest BCUT2D eigenvalue weighted by molar-refractivity contribution is 5.52. The van der Waals surface area contributed by atoms with E-state index in [0.717, 1.165) is 32.0 Å². The van der Waals surface area contributed by atoms with Crippen LogP contribution in [0.1, 0.15) is 39.5 Å². The monoisotopic (exact) mass is 180 g/mol. The van der Waals surface area contributed by atoms with E-state index in [0.29, 0.717) is 0 Å².